The molecule has 0 aliphatic carbocycles. The van der Waals surface area contributed by atoms with Gasteiger partial charge in [-0.1, -0.05) is 12.1 Å². The maximum absolute atomic E-state index is 12.8. The average Bonchev–Trinajstić information content (AvgIpc) is 2.37. The Labute approximate surface area is 114 Å². The standard InChI is InChI=1S/C14H14BrFN2/c1-10(12-2-4-14(16)5-3-12)18-8-11-6-13(15)9-17-7-11/h2-7,9-10,18H,8H2,1H3/t10-/m0/s1. The van der Waals surface area contributed by atoms with E-state index in [9.17, 15) is 4.39 Å². The number of nitrogens with one attached hydrogen (secondary N) is 1. The van der Waals surface area contributed by atoms with Crippen LogP contribution in [0.2, 0.25) is 0 Å². The molecule has 1 heterocycles. The summed E-state index contributed by atoms with van der Waals surface area (Å²) in [5.41, 5.74) is 2.18. The third-order valence-electron chi connectivity index (χ3n) is 2.74. The van der Waals surface area contributed by atoms with E-state index in [2.05, 4.69) is 33.2 Å². The number of benzene rings is 1. The minimum atomic E-state index is -0.206. The highest BCUT2D eigenvalue weighted by molar-refractivity contribution is 9.10. The number of rotatable bonds is 4. The number of nitrogens with zero attached hydrogens (tertiary/aromatic N) is 1. The second kappa shape index (κ2) is 6.07. The lowest BCUT2D eigenvalue weighted by atomic mass is 10.1. The molecular weight excluding hydrogens is 295 g/mol. The van der Waals surface area contributed by atoms with Crippen LogP contribution in [0.15, 0.2) is 47.2 Å². The number of pyridine rings is 1. The molecule has 0 saturated heterocycles. The summed E-state index contributed by atoms with van der Waals surface area (Å²) in [7, 11) is 0. The minimum absolute atomic E-state index is 0.171. The zero-order chi connectivity index (χ0) is 13.0. The van der Waals surface area contributed by atoms with E-state index in [-0.39, 0.29) is 11.9 Å². The van der Waals surface area contributed by atoms with Gasteiger partial charge >= 0.3 is 0 Å². The number of hydrogen-bond donors (Lipinski definition) is 1. The molecule has 0 saturated carbocycles. The van der Waals surface area contributed by atoms with Crippen LogP contribution in [0.5, 0.6) is 0 Å². The van der Waals surface area contributed by atoms with Gasteiger partial charge in [0.05, 0.1) is 0 Å². The van der Waals surface area contributed by atoms with Crippen molar-refractivity contribution in [3.05, 3.63) is 64.1 Å². The summed E-state index contributed by atoms with van der Waals surface area (Å²) in [5, 5.41) is 3.38. The molecule has 2 nitrogen and oxygen atoms in total. The SMILES string of the molecule is C[C@H](NCc1cncc(Br)c1)c1ccc(F)cc1. The predicted octanol–water partition coefficient (Wildman–Crippen LogP) is 3.83. The van der Waals surface area contributed by atoms with Gasteiger partial charge in [-0.3, -0.25) is 4.98 Å². The molecule has 0 bridgehead atoms. The van der Waals surface area contributed by atoms with Gasteiger partial charge in [0.1, 0.15) is 5.82 Å². The van der Waals surface area contributed by atoms with E-state index in [4.69, 9.17) is 0 Å². The Balaban J connectivity index is 1.96. The van der Waals surface area contributed by atoms with Gasteiger partial charge in [-0.15, -0.1) is 0 Å². The quantitative estimate of drug-likeness (QED) is 0.928. The molecule has 0 aliphatic heterocycles. The van der Waals surface area contributed by atoms with E-state index >= 15 is 0 Å². The van der Waals surface area contributed by atoms with Crippen molar-refractivity contribution in [2.24, 2.45) is 0 Å². The first-order valence-corrected chi connectivity index (χ1v) is 6.53. The maximum atomic E-state index is 12.8. The summed E-state index contributed by atoms with van der Waals surface area (Å²) in [6.45, 7) is 2.78. The maximum Gasteiger partial charge on any atom is 0.123 e. The average molecular weight is 309 g/mol. The van der Waals surface area contributed by atoms with Gasteiger partial charge in [0, 0.05) is 29.5 Å². The monoisotopic (exact) mass is 308 g/mol. The fourth-order valence-corrected chi connectivity index (χ4v) is 2.11. The van der Waals surface area contributed by atoms with Gasteiger partial charge in [-0.2, -0.15) is 0 Å². The van der Waals surface area contributed by atoms with Crippen molar-refractivity contribution < 1.29 is 4.39 Å². The van der Waals surface area contributed by atoms with E-state index in [0.29, 0.717) is 0 Å². The smallest absolute Gasteiger partial charge is 0.123 e. The van der Waals surface area contributed by atoms with Gasteiger partial charge in [0.15, 0.2) is 0 Å². The third kappa shape index (κ3) is 3.62. The minimum Gasteiger partial charge on any atom is -0.306 e. The van der Waals surface area contributed by atoms with Crippen LogP contribution in [0.3, 0.4) is 0 Å². The second-order valence-electron chi connectivity index (χ2n) is 4.17. The van der Waals surface area contributed by atoms with Crippen LogP contribution >= 0.6 is 15.9 Å². The molecule has 18 heavy (non-hydrogen) atoms. The summed E-state index contributed by atoms with van der Waals surface area (Å²) in [6, 6.07) is 8.75. The Bertz CT molecular complexity index is 513. The van der Waals surface area contributed by atoms with Crippen LogP contribution in [0.4, 0.5) is 4.39 Å². The molecule has 2 aromatic rings. The Kier molecular flexibility index (Phi) is 4.44. The van der Waals surface area contributed by atoms with Crippen molar-refractivity contribution in [1.29, 1.82) is 0 Å². The normalized spacial score (nSPS) is 12.4. The molecule has 0 spiro atoms. The van der Waals surface area contributed by atoms with Gasteiger partial charge < -0.3 is 5.32 Å². The first-order chi connectivity index (χ1) is 8.65. The molecule has 4 heteroatoms. The van der Waals surface area contributed by atoms with Crippen molar-refractivity contribution in [3.63, 3.8) is 0 Å². The first-order valence-electron chi connectivity index (χ1n) is 5.73. The third-order valence-corrected chi connectivity index (χ3v) is 3.18. The molecule has 0 fully saturated rings. The van der Waals surface area contributed by atoms with Crippen LogP contribution in [0.1, 0.15) is 24.1 Å². The highest BCUT2D eigenvalue weighted by Crippen LogP contribution is 2.14. The molecule has 1 aromatic heterocycles. The summed E-state index contributed by atoms with van der Waals surface area (Å²) in [6.07, 6.45) is 3.59. The lowest BCUT2D eigenvalue weighted by Crippen LogP contribution is -2.18. The topological polar surface area (TPSA) is 24.9 Å². The van der Waals surface area contributed by atoms with Crippen LogP contribution in [-0.2, 0) is 6.54 Å². The van der Waals surface area contributed by atoms with Crippen LogP contribution in [0.25, 0.3) is 0 Å². The van der Waals surface area contributed by atoms with Gasteiger partial charge in [0.2, 0.25) is 0 Å². The van der Waals surface area contributed by atoms with E-state index in [1.54, 1.807) is 18.3 Å². The van der Waals surface area contributed by atoms with Crippen molar-refractivity contribution in [2.75, 3.05) is 0 Å². The van der Waals surface area contributed by atoms with Crippen molar-refractivity contribution in [3.8, 4) is 0 Å². The summed E-state index contributed by atoms with van der Waals surface area (Å²) in [5.74, 6) is -0.206. The van der Waals surface area contributed by atoms with E-state index < -0.39 is 0 Å². The second-order valence-corrected chi connectivity index (χ2v) is 5.08. The zero-order valence-corrected chi connectivity index (χ0v) is 11.6. The van der Waals surface area contributed by atoms with Gasteiger partial charge in [0.25, 0.3) is 0 Å². The number of hydrogen-bond acceptors (Lipinski definition) is 2. The molecule has 94 valence electrons. The Morgan fingerprint density at radius 3 is 2.67 bits per heavy atom. The molecule has 0 amide bonds. The van der Waals surface area contributed by atoms with Crippen LogP contribution < -0.4 is 5.32 Å². The Morgan fingerprint density at radius 1 is 1.28 bits per heavy atom. The Morgan fingerprint density at radius 2 is 2.00 bits per heavy atom. The summed E-state index contributed by atoms with van der Waals surface area (Å²) in [4.78, 5) is 4.11. The molecule has 1 N–H and O–H groups in total. The van der Waals surface area contributed by atoms with E-state index in [1.165, 1.54) is 12.1 Å². The summed E-state index contributed by atoms with van der Waals surface area (Å²) >= 11 is 3.39. The fourth-order valence-electron chi connectivity index (χ4n) is 1.69. The molecule has 0 radical (unpaired) electrons. The lowest BCUT2D eigenvalue weighted by molar-refractivity contribution is 0.570. The molecule has 1 atom stereocenters. The van der Waals surface area contributed by atoms with Crippen molar-refractivity contribution in [1.82, 2.24) is 10.3 Å². The van der Waals surface area contributed by atoms with Crippen molar-refractivity contribution >= 4 is 15.9 Å². The van der Waals surface area contributed by atoms with Gasteiger partial charge in [-0.05, 0) is 52.2 Å². The Hall–Kier alpha value is -1.26. The first kappa shape index (κ1) is 13.2. The highest BCUT2D eigenvalue weighted by Gasteiger charge is 2.05. The molecule has 0 aliphatic rings. The molecular formula is C14H14BrFN2. The fraction of sp³-hybridized carbons (Fsp3) is 0.214. The number of aromatic nitrogens is 1. The molecule has 1 aromatic carbocycles. The summed E-state index contributed by atoms with van der Waals surface area (Å²) < 4.78 is 13.8. The van der Waals surface area contributed by atoms with Crippen LogP contribution in [0, 0.1) is 5.82 Å². The highest BCUT2D eigenvalue weighted by atomic mass is 79.9. The van der Waals surface area contributed by atoms with Gasteiger partial charge in [-0.25, -0.2) is 4.39 Å². The number of halogens is 2. The largest absolute Gasteiger partial charge is 0.306 e. The lowest BCUT2D eigenvalue weighted by Gasteiger charge is -2.14. The van der Waals surface area contributed by atoms with E-state index in [0.717, 1.165) is 22.1 Å². The van der Waals surface area contributed by atoms with E-state index in [1.807, 2.05) is 12.3 Å². The van der Waals surface area contributed by atoms with Crippen LogP contribution in [-0.4, -0.2) is 4.98 Å². The zero-order valence-electron chi connectivity index (χ0n) is 10.0. The van der Waals surface area contributed by atoms with Crippen molar-refractivity contribution in [2.45, 2.75) is 19.5 Å². The molecule has 0 unspecified atom stereocenters. The predicted molar refractivity (Wildman–Crippen MR) is 73.6 cm³/mol. The molecule has 2 rings (SSSR count).